The first-order chi connectivity index (χ1) is 2.89. The van der Waals surface area contributed by atoms with Crippen LogP contribution in [0.3, 0.4) is 0 Å². The van der Waals surface area contributed by atoms with Gasteiger partial charge in [0.2, 0.25) is 0 Å². The zero-order chi connectivity index (χ0) is 4.41. The minimum atomic E-state index is 0. The summed E-state index contributed by atoms with van der Waals surface area (Å²) in [6.45, 7) is 1.91. The van der Waals surface area contributed by atoms with Crippen LogP contribution in [-0.2, 0) is 0 Å². The Labute approximate surface area is 75.3 Å². The summed E-state index contributed by atoms with van der Waals surface area (Å²) < 4.78 is 0. The number of hydrogen-bond donors (Lipinski definition) is 0. The van der Waals surface area contributed by atoms with Gasteiger partial charge in [0.1, 0.15) is 0 Å². The van der Waals surface area contributed by atoms with Crippen LogP contribution in [0.1, 0.15) is 5.69 Å². The maximum absolute atomic E-state index is 3.81. The van der Waals surface area contributed by atoms with Crippen molar-refractivity contribution in [1.29, 1.82) is 0 Å². The zero-order valence-electron chi connectivity index (χ0n) is 4.05. The average Bonchev–Trinajstić information content (AvgIpc) is 1.86. The molecule has 1 heterocycles. The topological polar surface area (TPSA) is 27.0 Å². The van der Waals surface area contributed by atoms with Crippen molar-refractivity contribution < 1.29 is 40.8 Å². The Bertz CT molecular complexity index is 113. The van der Waals surface area contributed by atoms with E-state index in [0.29, 0.717) is 0 Å². The summed E-state index contributed by atoms with van der Waals surface area (Å²) in [6.07, 6.45) is 3.26. The first kappa shape index (κ1) is 7.56. The van der Waals surface area contributed by atoms with Crippen molar-refractivity contribution >= 4 is 0 Å². The Balaban J connectivity index is 0.000000360. The van der Waals surface area contributed by atoms with E-state index in [0.717, 1.165) is 5.69 Å². The van der Waals surface area contributed by atoms with Crippen molar-refractivity contribution in [1.82, 2.24) is 9.97 Å². The van der Waals surface area contributed by atoms with Crippen molar-refractivity contribution in [3.05, 3.63) is 18.2 Å². The van der Waals surface area contributed by atoms with Gasteiger partial charge in [-0.3, -0.25) is 0 Å². The molecule has 0 unspecified atom stereocenters. The Morgan fingerprint density at radius 2 is 2.43 bits per heavy atom. The fourth-order valence-corrected chi connectivity index (χ4v) is 0.299. The molecule has 0 fully saturated rings. The van der Waals surface area contributed by atoms with E-state index in [9.17, 15) is 0 Å². The molecule has 0 bridgehead atoms. The van der Waals surface area contributed by atoms with Crippen molar-refractivity contribution in [2.24, 2.45) is 0 Å². The normalized spacial score (nSPS) is 7.57. The summed E-state index contributed by atoms with van der Waals surface area (Å²) >= 11 is 0. The van der Waals surface area contributed by atoms with E-state index in [2.05, 4.69) is 9.97 Å². The van der Waals surface area contributed by atoms with Crippen molar-refractivity contribution in [2.45, 2.75) is 6.92 Å². The van der Waals surface area contributed by atoms with Crippen LogP contribution in [0.25, 0.3) is 0 Å². The van der Waals surface area contributed by atoms with Crippen molar-refractivity contribution in [2.75, 3.05) is 0 Å². The smallest absolute Gasteiger partial charge is 0 e. The third kappa shape index (κ3) is 2.39. The summed E-state index contributed by atoms with van der Waals surface area (Å²) in [6, 6.07) is 0. The first-order valence-electron chi connectivity index (χ1n) is 1.79. The predicted octanol–water partition coefficient (Wildman–Crippen LogP) is 0.347. The molecule has 1 aromatic rings. The second-order valence-corrected chi connectivity index (χ2v) is 1.16. The molecule has 2 nitrogen and oxygen atoms in total. The maximum Gasteiger partial charge on any atom is 0 e. The standard InChI is InChI=1S/C4H5N2.Nd/c1-4-2-5-3-6-4;/h2-3H,1H3;/q-1;. The van der Waals surface area contributed by atoms with Gasteiger partial charge in [0.15, 0.2) is 0 Å². The Hall–Kier alpha value is 0.561. The monoisotopic (exact) mass is 223 g/mol. The molecule has 7 heavy (non-hydrogen) atoms. The summed E-state index contributed by atoms with van der Waals surface area (Å²) in [7, 11) is 0. The molecule has 0 amide bonds. The maximum atomic E-state index is 3.81. The molecular formula is C4H5N2Nd-. The summed E-state index contributed by atoms with van der Waals surface area (Å²) in [5.74, 6) is 0. The molecule has 3 heteroatoms. The molecule has 1 rings (SSSR count). The molecule has 1 aromatic heterocycles. The molecule has 0 N–H and O–H groups in total. The van der Waals surface area contributed by atoms with Crippen LogP contribution in [0.5, 0.6) is 0 Å². The molecule has 0 aliphatic heterocycles. The fraction of sp³-hybridized carbons (Fsp3) is 0.250. The molecule has 0 aliphatic rings. The Morgan fingerprint density at radius 1 is 1.71 bits per heavy atom. The molecule has 0 aromatic carbocycles. The van der Waals surface area contributed by atoms with Crippen LogP contribution in [0.4, 0.5) is 0 Å². The van der Waals surface area contributed by atoms with Crippen LogP contribution in [0.15, 0.2) is 12.5 Å². The number of nitrogens with zero attached hydrogens (tertiary/aromatic N) is 2. The number of aryl methyl sites for hydroxylation is 1. The SMILES string of the molecule is Cc1cnc[n-]1.[Nd]. The summed E-state index contributed by atoms with van der Waals surface area (Å²) in [5, 5.41) is 0. The van der Waals surface area contributed by atoms with Crippen LogP contribution in [-0.4, -0.2) is 4.98 Å². The molecule has 0 aliphatic carbocycles. The largest absolute Gasteiger partial charge is 0.450 e. The molecular weight excluding hydrogens is 220 g/mol. The van der Waals surface area contributed by atoms with Gasteiger partial charge in [-0.1, -0.05) is 18.2 Å². The van der Waals surface area contributed by atoms with E-state index < -0.39 is 0 Å². The fourth-order valence-electron chi connectivity index (χ4n) is 0.299. The van der Waals surface area contributed by atoms with Gasteiger partial charge >= 0.3 is 0 Å². The van der Waals surface area contributed by atoms with Gasteiger partial charge in [-0.25, -0.2) is 0 Å². The number of aromatic nitrogens is 2. The second-order valence-electron chi connectivity index (χ2n) is 1.16. The Morgan fingerprint density at radius 3 is 2.57 bits per heavy atom. The first-order valence-corrected chi connectivity index (χ1v) is 1.79. The molecule has 0 saturated carbocycles. The van der Waals surface area contributed by atoms with E-state index in [1.165, 1.54) is 6.33 Å². The van der Waals surface area contributed by atoms with Gasteiger partial charge in [-0.05, 0) is 6.92 Å². The van der Waals surface area contributed by atoms with Gasteiger partial charge in [-0.2, -0.15) is 0 Å². The minimum Gasteiger partial charge on any atom is -0.450 e. The van der Waals surface area contributed by atoms with Gasteiger partial charge in [0, 0.05) is 40.8 Å². The zero-order valence-corrected chi connectivity index (χ0v) is 7.26. The Kier molecular flexibility index (Phi) is 3.83. The minimum absolute atomic E-state index is 0. The van der Waals surface area contributed by atoms with E-state index >= 15 is 0 Å². The van der Waals surface area contributed by atoms with Crippen LogP contribution in [0.2, 0.25) is 0 Å². The van der Waals surface area contributed by atoms with Crippen molar-refractivity contribution in [3.63, 3.8) is 0 Å². The molecule has 0 atom stereocenters. The molecule has 0 spiro atoms. The van der Waals surface area contributed by atoms with E-state index in [-0.39, 0.29) is 40.8 Å². The second kappa shape index (κ2) is 3.55. The van der Waals surface area contributed by atoms with E-state index in [1.54, 1.807) is 6.20 Å². The van der Waals surface area contributed by atoms with Gasteiger partial charge in [-0.15, -0.1) is 0 Å². The quantitative estimate of drug-likeness (QED) is 0.637. The number of imidazole rings is 1. The summed E-state index contributed by atoms with van der Waals surface area (Å²) in [4.78, 5) is 7.52. The molecule has 0 saturated heterocycles. The summed E-state index contributed by atoms with van der Waals surface area (Å²) in [5.41, 5.74) is 0.981. The van der Waals surface area contributed by atoms with E-state index in [4.69, 9.17) is 0 Å². The third-order valence-electron chi connectivity index (χ3n) is 0.589. The van der Waals surface area contributed by atoms with Crippen LogP contribution in [0, 0.1) is 47.8 Å². The average molecular weight is 225 g/mol. The third-order valence-corrected chi connectivity index (χ3v) is 0.589. The van der Waals surface area contributed by atoms with Crippen molar-refractivity contribution in [3.8, 4) is 0 Å². The van der Waals surface area contributed by atoms with Crippen LogP contribution < -0.4 is 4.98 Å². The number of rotatable bonds is 0. The predicted molar refractivity (Wildman–Crippen MR) is 22.3 cm³/mol. The molecule has 36 valence electrons. The van der Waals surface area contributed by atoms with Crippen LogP contribution >= 0.6 is 0 Å². The van der Waals surface area contributed by atoms with Gasteiger partial charge in [0.05, 0.1) is 0 Å². The van der Waals surface area contributed by atoms with Gasteiger partial charge < -0.3 is 9.97 Å². The van der Waals surface area contributed by atoms with Gasteiger partial charge in [0.25, 0.3) is 0 Å². The molecule has 0 radical (unpaired) electrons. The van der Waals surface area contributed by atoms with E-state index in [1.807, 2.05) is 6.92 Å². The number of hydrogen-bond acceptors (Lipinski definition) is 1.